The van der Waals surface area contributed by atoms with Gasteiger partial charge in [-0.3, -0.25) is 0 Å². The summed E-state index contributed by atoms with van der Waals surface area (Å²) in [4.78, 5) is 14.9. The molecule has 1 aliphatic rings. The number of hydrogen-bond acceptors (Lipinski definition) is 3. The van der Waals surface area contributed by atoms with Crippen LogP contribution in [0.1, 0.15) is 44.4 Å². The summed E-state index contributed by atoms with van der Waals surface area (Å²) >= 11 is 0. The third-order valence-corrected chi connectivity index (χ3v) is 4.96. The van der Waals surface area contributed by atoms with Gasteiger partial charge in [-0.1, -0.05) is 60.7 Å². The van der Waals surface area contributed by atoms with Gasteiger partial charge in [-0.25, -0.2) is 4.79 Å². The second-order valence-corrected chi connectivity index (χ2v) is 6.67. The number of allylic oxidation sites excluding steroid dienone is 1. The van der Waals surface area contributed by atoms with E-state index >= 15 is 0 Å². The van der Waals surface area contributed by atoms with E-state index in [4.69, 9.17) is 4.74 Å². The van der Waals surface area contributed by atoms with Crippen molar-refractivity contribution >= 4 is 5.97 Å². The highest BCUT2D eigenvalue weighted by atomic mass is 16.5. The maximum atomic E-state index is 12.6. The van der Waals surface area contributed by atoms with Crippen LogP contribution in [-0.2, 0) is 16.1 Å². The Morgan fingerprint density at radius 3 is 2.36 bits per heavy atom. The van der Waals surface area contributed by atoms with E-state index in [1.54, 1.807) is 0 Å². The van der Waals surface area contributed by atoms with Gasteiger partial charge in [0, 0.05) is 18.2 Å². The Bertz CT molecular complexity index is 752. The fraction of sp³-hybridized carbons (Fsp3) is 0.318. The molecule has 2 aromatic carbocycles. The molecule has 0 saturated carbocycles. The summed E-state index contributed by atoms with van der Waals surface area (Å²) in [5.74, 6) is -0.198. The molecule has 3 rings (SSSR count). The average Bonchev–Trinajstić information content (AvgIpc) is 2.95. The van der Waals surface area contributed by atoms with Gasteiger partial charge in [0.25, 0.3) is 0 Å². The molecule has 1 heterocycles. The summed E-state index contributed by atoms with van der Waals surface area (Å²) in [6, 6.07) is 20.7. The van der Waals surface area contributed by atoms with Crippen molar-refractivity contribution in [1.29, 1.82) is 0 Å². The van der Waals surface area contributed by atoms with E-state index in [1.807, 2.05) is 43.3 Å². The maximum Gasteiger partial charge on any atom is 0.336 e. The van der Waals surface area contributed by atoms with Gasteiger partial charge in [-0.05, 0) is 31.9 Å². The molecule has 0 aromatic heterocycles. The van der Waals surface area contributed by atoms with Crippen LogP contribution in [0, 0.1) is 0 Å². The number of hydrogen-bond donors (Lipinski definition) is 0. The Hall–Kier alpha value is -2.55. The number of carbonyl (C=O) groups is 1. The molecule has 3 heteroatoms. The van der Waals surface area contributed by atoms with Crippen molar-refractivity contribution < 1.29 is 9.53 Å². The zero-order chi connectivity index (χ0) is 17.8. The van der Waals surface area contributed by atoms with Gasteiger partial charge in [0.15, 0.2) is 0 Å². The largest absolute Gasteiger partial charge is 0.457 e. The van der Waals surface area contributed by atoms with Crippen molar-refractivity contribution in [3.8, 4) is 0 Å². The third-order valence-electron chi connectivity index (χ3n) is 4.96. The first-order valence-corrected chi connectivity index (χ1v) is 8.82. The topological polar surface area (TPSA) is 29.5 Å². The predicted molar refractivity (Wildman–Crippen MR) is 99.7 cm³/mol. The van der Waals surface area contributed by atoms with E-state index < -0.39 is 0 Å². The van der Waals surface area contributed by atoms with Gasteiger partial charge in [-0.15, -0.1) is 0 Å². The van der Waals surface area contributed by atoms with Crippen LogP contribution in [0.4, 0.5) is 0 Å². The summed E-state index contributed by atoms with van der Waals surface area (Å²) in [6.45, 7) is 6.70. The Labute approximate surface area is 149 Å². The molecule has 0 radical (unpaired) electrons. The number of nitrogens with zero attached hydrogens (tertiary/aromatic N) is 1. The fourth-order valence-electron chi connectivity index (χ4n) is 3.63. The summed E-state index contributed by atoms with van der Waals surface area (Å²) < 4.78 is 5.54. The molecule has 0 bridgehead atoms. The molecular weight excluding hydrogens is 310 g/mol. The van der Waals surface area contributed by atoms with Gasteiger partial charge < -0.3 is 9.64 Å². The second-order valence-electron chi connectivity index (χ2n) is 6.67. The van der Waals surface area contributed by atoms with Crippen LogP contribution in [-0.4, -0.2) is 16.9 Å². The summed E-state index contributed by atoms with van der Waals surface area (Å²) in [5, 5.41) is 0. The molecule has 0 spiro atoms. The zero-order valence-corrected chi connectivity index (χ0v) is 15.1. The molecule has 0 amide bonds. The third kappa shape index (κ3) is 3.76. The van der Waals surface area contributed by atoms with Crippen LogP contribution >= 0.6 is 0 Å². The maximum absolute atomic E-state index is 12.6. The summed E-state index contributed by atoms with van der Waals surface area (Å²) in [7, 11) is 0. The molecule has 1 unspecified atom stereocenters. The lowest BCUT2D eigenvalue weighted by molar-refractivity contribution is -0.140. The Balaban J connectivity index is 1.73. The monoisotopic (exact) mass is 335 g/mol. The molecule has 0 saturated heterocycles. The Morgan fingerprint density at radius 2 is 1.72 bits per heavy atom. The number of carbonyl (C=O) groups excluding carboxylic acids is 1. The lowest BCUT2D eigenvalue weighted by Crippen LogP contribution is -2.29. The molecule has 2 aromatic rings. The first kappa shape index (κ1) is 17.3. The number of rotatable bonds is 5. The minimum absolute atomic E-state index is 0.198. The van der Waals surface area contributed by atoms with E-state index in [9.17, 15) is 4.79 Å². The Kier molecular flexibility index (Phi) is 5.22. The molecule has 2 atom stereocenters. The first-order valence-electron chi connectivity index (χ1n) is 8.82. The number of benzene rings is 2. The van der Waals surface area contributed by atoms with Gasteiger partial charge in [0.1, 0.15) is 6.61 Å². The summed E-state index contributed by atoms with van der Waals surface area (Å²) in [6.07, 6.45) is 0.733. The van der Waals surface area contributed by atoms with Gasteiger partial charge in [0.2, 0.25) is 0 Å². The van der Waals surface area contributed by atoms with Crippen molar-refractivity contribution in [3.05, 3.63) is 83.1 Å². The van der Waals surface area contributed by atoms with E-state index in [1.165, 1.54) is 5.56 Å². The SMILES string of the molecule is CC1=C(C(=O)OCc2ccccc2)CC(C)N1[C@@H](C)c1ccccc1. The molecule has 25 heavy (non-hydrogen) atoms. The minimum atomic E-state index is -0.198. The van der Waals surface area contributed by atoms with E-state index in [-0.39, 0.29) is 18.1 Å². The normalized spacial score (nSPS) is 18.4. The quantitative estimate of drug-likeness (QED) is 0.731. The molecule has 3 nitrogen and oxygen atoms in total. The van der Waals surface area contributed by atoms with Crippen molar-refractivity contribution in [2.45, 2.75) is 45.9 Å². The Morgan fingerprint density at radius 1 is 1.12 bits per heavy atom. The van der Waals surface area contributed by atoms with E-state index in [0.717, 1.165) is 23.3 Å². The van der Waals surface area contributed by atoms with E-state index in [0.29, 0.717) is 6.61 Å². The van der Waals surface area contributed by atoms with Crippen molar-refractivity contribution in [3.63, 3.8) is 0 Å². The lowest BCUT2D eigenvalue weighted by atomic mass is 10.1. The van der Waals surface area contributed by atoms with Crippen LogP contribution in [0.15, 0.2) is 71.9 Å². The van der Waals surface area contributed by atoms with Crippen LogP contribution in [0.2, 0.25) is 0 Å². The minimum Gasteiger partial charge on any atom is -0.457 e. The van der Waals surface area contributed by atoms with Crippen LogP contribution in [0.25, 0.3) is 0 Å². The predicted octanol–water partition coefficient (Wildman–Crippen LogP) is 4.86. The second kappa shape index (κ2) is 7.56. The smallest absolute Gasteiger partial charge is 0.336 e. The average molecular weight is 335 g/mol. The first-order chi connectivity index (χ1) is 12.1. The molecule has 0 N–H and O–H groups in total. The lowest BCUT2D eigenvalue weighted by Gasteiger charge is -2.33. The molecular formula is C22H25NO2. The fourth-order valence-corrected chi connectivity index (χ4v) is 3.63. The number of ether oxygens (including phenoxy) is 1. The van der Waals surface area contributed by atoms with Crippen LogP contribution < -0.4 is 0 Å². The van der Waals surface area contributed by atoms with Crippen molar-refractivity contribution in [2.75, 3.05) is 0 Å². The van der Waals surface area contributed by atoms with Gasteiger partial charge in [-0.2, -0.15) is 0 Å². The summed E-state index contributed by atoms with van der Waals surface area (Å²) in [5.41, 5.74) is 4.09. The van der Waals surface area contributed by atoms with Crippen LogP contribution in [0.3, 0.4) is 0 Å². The van der Waals surface area contributed by atoms with Gasteiger partial charge >= 0.3 is 5.97 Å². The van der Waals surface area contributed by atoms with Crippen molar-refractivity contribution in [2.24, 2.45) is 0 Å². The van der Waals surface area contributed by atoms with Crippen LogP contribution in [0.5, 0.6) is 0 Å². The number of esters is 1. The zero-order valence-electron chi connectivity index (χ0n) is 15.1. The molecule has 0 aliphatic carbocycles. The molecule has 0 fully saturated rings. The van der Waals surface area contributed by atoms with Gasteiger partial charge in [0.05, 0.1) is 11.6 Å². The highest BCUT2D eigenvalue weighted by Gasteiger charge is 2.33. The highest BCUT2D eigenvalue weighted by Crippen LogP contribution is 2.36. The van der Waals surface area contributed by atoms with Crippen molar-refractivity contribution in [1.82, 2.24) is 4.90 Å². The molecule has 1 aliphatic heterocycles. The highest BCUT2D eigenvalue weighted by molar-refractivity contribution is 5.90. The molecule has 130 valence electrons. The standard InChI is InChI=1S/C22H25NO2/c1-16-14-21(22(24)25-15-19-10-6-4-7-11-19)18(3)23(16)17(2)20-12-8-5-9-13-20/h4-13,16-17H,14-15H2,1-3H3/t16?,17-/m0/s1. The van der Waals surface area contributed by atoms with E-state index in [2.05, 4.69) is 43.0 Å².